The van der Waals surface area contributed by atoms with Crippen LogP contribution in [0.1, 0.15) is 15.9 Å². The molecular formula is C20H15F3N2O3S. The highest BCUT2D eigenvalue weighted by Crippen LogP contribution is 2.20. The van der Waals surface area contributed by atoms with E-state index < -0.39 is 38.3 Å². The SMILES string of the molecule is Cc1ccc(NC(=O)c2ccc(NS(=O)(=O)c3ccc(F)c(F)c3)cc2)cc1F. The maximum Gasteiger partial charge on any atom is 0.261 e. The minimum Gasteiger partial charge on any atom is -0.322 e. The van der Waals surface area contributed by atoms with E-state index in [4.69, 9.17) is 0 Å². The molecule has 0 saturated heterocycles. The van der Waals surface area contributed by atoms with Crippen molar-refractivity contribution in [2.24, 2.45) is 0 Å². The fourth-order valence-electron chi connectivity index (χ4n) is 2.42. The summed E-state index contributed by atoms with van der Waals surface area (Å²) < 4.78 is 66.6. The fourth-order valence-corrected chi connectivity index (χ4v) is 3.49. The first-order valence-electron chi connectivity index (χ1n) is 8.31. The Morgan fingerprint density at radius 3 is 2.07 bits per heavy atom. The average molecular weight is 420 g/mol. The minimum absolute atomic E-state index is 0.118. The molecule has 5 nitrogen and oxygen atoms in total. The lowest BCUT2D eigenvalue weighted by Gasteiger charge is -2.10. The Labute approximate surface area is 165 Å². The van der Waals surface area contributed by atoms with Crippen molar-refractivity contribution in [3.8, 4) is 0 Å². The maximum atomic E-state index is 13.6. The van der Waals surface area contributed by atoms with Crippen LogP contribution in [-0.2, 0) is 10.0 Å². The molecule has 0 spiro atoms. The Bertz CT molecular complexity index is 1180. The Morgan fingerprint density at radius 1 is 0.793 bits per heavy atom. The minimum atomic E-state index is -4.14. The first kappa shape index (κ1) is 20.4. The van der Waals surface area contributed by atoms with Crippen molar-refractivity contribution < 1.29 is 26.4 Å². The van der Waals surface area contributed by atoms with E-state index in [2.05, 4.69) is 10.0 Å². The van der Waals surface area contributed by atoms with Crippen molar-refractivity contribution in [3.63, 3.8) is 0 Å². The number of hydrogen-bond donors (Lipinski definition) is 2. The quantitative estimate of drug-likeness (QED) is 0.640. The third-order valence-corrected chi connectivity index (χ3v) is 5.41. The number of nitrogens with one attached hydrogen (secondary N) is 2. The highest BCUT2D eigenvalue weighted by atomic mass is 32.2. The van der Waals surface area contributed by atoms with Crippen LogP contribution in [0.2, 0.25) is 0 Å². The smallest absolute Gasteiger partial charge is 0.261 e. The van der Waals surface area contributed by atoms with Crippen LogP contribution in [0.5, 0.6) is 0 Å². The fraction of sp³-hybridized carbons (Fsp3) is 0.0500. The number of rotatable bonds is 5. The summed E-state index contributed by atoms with van der Waals surface area (Å²) in [5.74, 6) is -3.41. The van der Waals surface area contributed by atoms with E-state index in [1.54, 1.807) is 13.0 Å². The van der Waals surface area contributed by atoms with E-state index in [9.17, 15) is 26.4 Å². The first-order chi connectivity index (χ1) is 13.7. The Morgan fingerprint density at radius 2 is 1.45 bits per heavy atom. The van der Waals surface area contributed by atoms with E-state index in [1.807, 2.05) is 0 Å². The lowest BCUT2D eigenvalue weighted by molar-refractivity contribution is 0.102. The molecule has 0 aliphatic carbocycles. The van der Waals surface area contributed by atoms with Crippen LogP contribution in [0, 0.1) is 24.4 Å². The molecule has 0 aliphatic rings. The van der Waals surface area contributed by atoms with E-state index in [-0.39, 0.29) is 16.9 Å². The third kappa shape index (κ3) is 4.75. The molecule has 29 heavy (non-hydrogen) atoms. The second kappa shape index (κ2) is 7.96. The molecule has 0 fully saturated rings. The zero-order chi connectivity index (χ0) is 21.2. The molecule has 9 heteroatoms. The van der Waals surface area contributed by atoms with Gasteiger partial charge in [0.25, 0.3) is 15.9 Å². The molecule has 0 atom stereocenters. The van der Waals surface area contributed by atoms with Crippen LogP contribution in [-0.4, -0.2) is 14.3 Å². The van der Waals surface area contributed by atoms with E-state index in [0.29, 0.717) is 17.7 Å². The largest absolute Gasteiger partial charge is 0.322 e. The summed E-state index contributed by atoms with van der Waals surface area (Å²) >= 11 is 0. The molecule has 3 rings (SSSR count). The van der Waals surface area contributed by atoms with Gasteiger partial charge in [0.05, 0.1) is 4.90 Å². The van der Waals surface area contributed by atoms with E-state index in [1.165, 1.54) is 36.4 Å². The van der Waals surface area contributed by atoms with Crippen LogP contribution in [0.15, 0.2) is 65.6 Å². The zero-order valence-electron chi connectivity index (χ0n) is 15.0. The van der Waals surface area contributed by atoms with Gasteiger partial charge in [-0.25, -0.2) is 21.6 Å². The van der Waals surface area contributed by atoms with Crippen LogP contribution >= 0.6 is 0 Å². The summed E-state index contributed by atoms with van der Waals surface area (Å²) in [5.41, 5.74) is 1.05. The van der Waals surface area contributed by atoms with Gasteiger partial charge in [-0.05, 0) is 67.1 Å². The van der Waals surface area contributed by atoms with Crippen molar-refractivity contribution in [2.75, 3.05) is 10.0 Å². The van der Waals surface area contributed by atoms with Gasteiger partial charge in [0.15, 0.2) is 11.6 Å². The van der Waals surface area contributed by atoms with Gasteiger partial charge in [0.2, 0.25) is 0 Å². The molecule has 0 heterocycles. The number of halogens is 3. The molecular weight excluding hydrogens is 405 g/mol. The second-order valence-corrected chi connectivity index (χ2v) is 7.86. The molecule has 3 aromatic rings. The lowest BCUT2D eigenvalue weighted by atomic mass is 10.1. The van der Waals surface area contributed by atoms with Gasteiger partial charge in [-0.15, -0.1) is 0 Å². The Balaban J connectivity index is 1.73. The van der Waals surface area contributed by atoms with Crippen molar-refractivity contribution >= 4 is 27.3 Å². The van der Waals surface area contributed by atoms with Gasteiger partial charge in [0, 0.05) is 16.9 Å². The van der Waals surface area contributed by atoms with Crippen LogP contribution in [0.3, 0.4) is 0 Å². The number of amides is 1. The molecule has 0 aliphatic heterocycles. The van der Waals surface area contributed by atoms with Gasteiger partial charge in [-0.2, -0.15) is 0 Å². The molecule has 0 unspecified atom stereocenters. The number of carbonyl (C=O) groups excluding carboxylic acids is 1. The molecule has 0 aromatic heterocycles. The summed E-state index contributed by atoms with van der Waals surface area (Å²) in [6, 6.07) is 11.9. The summed E-state index contributed by atoms with van der Waals surface area (Å²) in [6.45, 7) is 1.60. The molecule has 0 bridgehead atoms. The lowest BCUT2D eigenvalue weighted by Crippen LogP contribution is -2.14. The normalized spacial score (nSPS) is 11.2. The Hall–Kier alpha value is -3.33. The van der Waals surface area contributed by atoms with Crippen LogP contribution < -0.4 is 10.0 Å². The van der Waals surface area contributed by atoms with Gasteiger partial charge in [-0.3, -0.25) is 9.52 Å². The summed E-state index contributed by atoms with van der Waals surface area (Å²) in [4.78, 5) is 11.8. The maximum absolute atomic E-state index is 13.6. The van der Waals surface area contributed by atoms with Gasteiger partial charge < -0.3 is 5.32 Å². The first-order valence-corrected chi connectivity index (χ1v) is 9.79. The molecule has 0 radical (unpaired) electrons. The summed E-state index contributed by atoms with van der Waals surface area (Å²) in [7, 11) is -4.14. The summed E-state index contributed by atoms with van der Waals surface area (Å²) in [6.07, 6.45) is 0. The average Bonchev–Trinajstić information content (AvgIpc) is 2.67. The third-order valence-electron chi connectivity index (χ3n) is 4.03. The van der Waals surface area contributed by atoms with Crippen molar-refractivity contribution in [2.45, 2.75) is 11.8 Å². The van der Waals surface area contributed by atoms with Crippen molar-refractivity contribution in [1.29, 1.82) is 0 Å². The van der Waals surface area contributed by atoms with E-state index >= 15 is 0 Å². The van der Waals surface area contributed by atoms with Crippen LogP contribution in [0.4, 0.5) is 24.5 Å². The zero-order valence-corrected chi connectivity index (χ0v) is 15.9. The van der Waals surface area contributed by atoms with Gasteiger partial charge in [-0.1, -0.05) is 6.07 Å². The van der Waals surface area contributed by atoms with Crippen molar-refractivity contribution in [3.05, 3.63) is 89.2 Å². The number of hydrogen-bond acceptors (Lipinski definition) is 3. The molecule has 3 aromatic carbocycles. The van der Waals surface area contributed by atoms with Gasteiger partial charge in [0.1, 0.15) is 5.82 Å². The van der Waals surface area contributed by atoms with Gasteiger partial charge >= 0.3 is 0 Å². The topological polar surface area (TPSA) is 75.3 Å². The van der Waals surface area contributed by atoms with E-state index in [0.717, 1.165) is 6.07 Å². The number of aryl methyl sites for hydroxylation is 1. The molecule has 0 saturated carbocycles. The number of anilines is 2. The second-order valence-electron chi connectivity index (χ2n) is 6.18. The number of carbonyl (C=O) groups is 1. The molecule has 1 amide bonds. The standard InChI is InChI=1S/C20H15F3N2O3S/c1-12-2-5-15(10-18(12)22)24-20(26)13-3-6-14(7-4-13)25-29(27,28)16-8-9-17(21)19(23)11-16/h2-11,25H,1H3,(H,24,26). The molecule has 150 valence electrons. The van der Waals surface area contributed by atoms with Crippen molar-refractivity contribution in [1.82, 2.24) is 0 Å². The van der Waals surface area contributed by atoms with Crippen LogP contribution in [0.25, 0.3) is 0 Å². The molecule has 2 N–H and O–H groups in total. The predicted octanol–water partition coefficient (Wildman–Crippen LogP) is 4.47. The predicted molar refractivity (Wildman–Crippen MR) is 103 cm³/mol. The highest BCUT2D eigenvalue weighted by molar-refractivity contribution is 7.92. The Kier molecular flexibility index (Phi) is 5.60. The highest BCUT2D eigenvalue weighted by Gasteiger charge is 2.17. The monoisotopic (exact) mass is 420 g/mol. The summed E-state index contributed by atoms with van der Waals surface area (Å²) in [5, 5.41) is 2.54. The number of benzene rings is 3. The number of sulfonamides is 1.